The fraction of sp³-hybridized carbons (Fsp3) is 1.00. The van der Waals surface area contributed by atoms with Gasteiger partial charge in [0.05, 0.1) is 5.25 Å². The van der Waals surface area contributed by atoms with Gasteiger partial charge in [0, 0.05) is 11.8 Å². The maximum atomic E-state index is 12.0. The molecule has 0 spiro atoms. The van der Waals surface area contributed by atoms with Gasteiger partial charge in [-0.3, -0.25) is 0 Å². The fourth-order valence-electron chi connectivity index (χ4n) is 6.73. The first-order valence-corrected chi connectivity index (χ1v) is 10.8. The van der Waals surface area contributed by atoms with Crippen LogP contribution in [0.15, 0.2) is 0 Å². The molecule has 7 unspecified atom stereocenters. The molecule has 3 nitrogen and oxygen atoms in total. The number of sulfone groups is 1. The van der Waals surface area contributed by atoms with E-state index in [0.29, 0.717) is 11.8 Å². The Kier molecular flexibility index (Phi) is 3.25. The van der Waals surface area contributed by atoms with E-state index in [1.807, 2.05) is 0 Å². The van der Waals surface area contributed by atoms with Crippen LogP contribution in [-0.2, 0) is 9.84 Å². The first-order valence-electron chi connectivity index (χ1n) is 8.87. The predicted octanol–water partition coefficient (Wildman–Crippen LogP) is 2.74. The maximum Gasteiger partial charge on any atom is 0.150 e. The topological polar surface area (TPSA) is 60.2 Å². The van der Waals surface area contributed by atoms with E-state index in [2.05, 4.69) is 0 Å². The molecule has 21 heavy (non-hydrogen) atoms. The second kappa shape index (κ2) is 4.70. The molecular formula is C17H29NO2S. The lowest BCUT2D eigenvalue weighted by atomic mass is 9.62. The van der Waals surface area contributed by atoms with E-state index in [0.717, 1.165) is 43.4 Å². The van der Waals surface area contributed by atoms with Gasteiger partial charge in [-0.1, -0.05) is 12.8 Å². The van der Waals surface area contributed by atoms with Crippen LogP contribution in [-0.4, -0.2) is 25.5 Å². The summed E-state index contributed by atoms with van der Waals surface area (Å²) in [5.41, 5.74) is 6.94. The van der Waals surface area contributed by atoms with Crippen molar-refractivity contribution in [2.75, 3.05) is 6.26 Å². The van der Waals surface area contributed by atoms with Crippen molar-refractivity contribution < 1.29 is 8.42 Å². The van der Waals surface area contributed by atoms with E-state index in [-0.39, 0.29) is 10.8 Å². The van der Waals surface area contributed by atoms with Gasteiger partial charge in [0.25, 0.3) is 0 Å². The van der Waals surface area contributed by atoms with Crippen molar-refractivity contribution in [2.24, 2.45) is 35.3 Å². The molecule has 0 aromatic rings. The molecule has 4 heteroatoms. The molecule has 4 saturated carbocycles. The summed E-state index contributed by atoms with van der Waals surface area (Å²) in [6.07, 6.45) is 12.0. The van der Waals surface area contributed by atoms with Gasteiger partial charge in [0.2, 0.25) is 0 Å². The smallest absolute Gasteiger partial charge is 0.150 e. The largest absolute Gasteiger partial charge is 0.325 e. The monoisotopic (exact) mass is 311 g/mol. The van der Waals surface area contributed by atoms with Crippen molar-refractivity contribution in [1.29, 1.82) is 0 Å². The summed E-state index contributed by atoms with van der Waals surface area (Å²) in [7, 11) is -2.90. The van der Waals surface area contributed by atoms with Gasteiger partial charge < -0.3 is 5.73 Å². The highest BCUT2D eigenvalue weighted by atomic mass is 32.2. The molecule has 4 fully saturated rings. The molecule has 0 aromatic carbocycles. The van der Waals surface area contributed by atoms with E-state index in [4.69, 9.17) is 5.73 Å². The zero-order valence-electron chi connectivity index (χ0n) is 13.1. The third kappa shape index (κ3) is 2.12. The van der Waals surface area contributed by atoms with Crippen molar-refractivity contribution in [1.82, 2.24) is 0 Å². The average molecular weight is 311 g/mol. The molecule has 7 atom stereocenters. The van der Waals surface area contributed by atoms with Gasteiger partial charge in [-0.15, -0.1) is 0 Å². The van der Waals surface area contributed by atoms with Crippen LogP contribution in [0.1, 0.15) is 57.8 Å². The fourth-order valence-corrected chi connectivity index (χ4v) is 7.90. The first kappa shape index (κ1) is 14.5. The quantitative estimate of drug-likeness (QED) is 0.853. The van der Waals surface area contributed by atoms with Crippen LogP contribution in [0.25, 0.3) is 0 Å². The third-order valence-electron chi connectivity index (χ3n) is 7.60. The zero-order chi connectivity index (χ0) is 14.8. The molecule has 2 bridgehead atoms. The van der Waals surface area contributed by atoms with Crippen molar-refractivity contribution in [3.05, 3.63) is 0 Å². The summed E-state index contributed by atoms with van der Waals surface area (Å²) >= 11 is 0. The summed E-state index contributed by atoms with van der Waals surface area (Å²) in [4.78, 5) is 0. The van der Waals surface area contributed by atoms with E-state index < -0.39 is 9.84 Å². The Labute approximate surface area is 129 Å². The normalized spacial score (nSPS) is 53.0. The van der Waals surface area contributed by atoms with Gasteiger partial charge in [0.1, 0.15) is 9.84 Å². The SMILES string of the molecule is CS(=O)(=O)C1CCCC(C2(N)CC3CC2C2CCCC32)C1. The van der Waals surface area contributed by atoms with E-state index in [9.17, 15) is 8.42 Å². The highest BCUT2D eigenvalue weighted by molar-refractivity contribution is 7.91. The number of nitrogens with two attached hydrogens (primary N) is 1. The maximum absolute atomic E-state index is 12.0. The summed E-state index contributed by atoms with van der Waals surface area (Å²) in [5, 5.41) is -0.129. The van der Waals surface area contributed by atoms with Gasteiger partial charge in [0.15, 0.2) is 0 Å². The molecule has 120 valence electrons. The number of hydrogen-bond donors (Lipinski definition) is 1. The van der Waals surface area contributed by atoms with Crippen LogP contribution >= 0.6 is 0 Å². The van der Waals surface area contributed by atoms with Crippen LogP contribution in [0.3, 0.4) is 0 Å². The molecule has 0 radical (unpaired) electrons. The van der Waals surface area contributed by atoms with E-state index in [1.165, 1.54) is 38.4 Å². The number of hydrogen-bond acceptors (Lipinski definition) is 3. The lowest BCUT2D eigenvalue weighted by Crippen LogP contribution is -2.56. The summed E-state index contributed by atoms with van der Waals surface area (Å²) in [6, 6.07) is 0. The molecule has 0 saturated heterocycles. The Morgan fingerprint density at radius 2 is 1.71 bits per heavy atom. The van der Waals surface area contributed by atoms with Crippen LogP contribution < -0.4 is 5.73 Å². The lowest BCUT2D eigenvalue weighted by molar-refractivity contribution is 0.0816. The Morgan fingerprint density at radius 1 is 1.00 bits per heavy atom. The van der Waals surface area contributed by atoms with Gasteiger partial charge in [-0.05, 0) is 74.5 Å². The van der Waals surface area contributed by atoms with Crippen LogP contribution in [0, 0.1) is 29.6 Å². The summed E-state index contributed by atoms with van der Waals surface area (Å²) in [5.74, 6) is 3.82. The first-order chi connectivity index (χ1) is 9.89. The Balaban J connectivity index is 1.56. The average Bonchev–Trinajstić information content (AvgIpc) is 3.09. The van der Waals surface area contributed by atoms with Crippen LogP contribution in [0.2, 0.25) is 0 Å². The van der Waals surface area contributed by atoms with Crippen LogP contribution in [0.5, 0.6) is 0 Å². The highest BCUT2D eigenvalue weighted by Crippen LogP contribution is 2.64. The van der Waals surface area contributed by atoms with Gasteiger partial charge in [-0.2, -0.15) is 0 Å². The lowest BCUT2D eigenvalue weighted by Gasteiger charge is -2.47. The molecule has 0 amide bonds. The molecule has 2 N–H and O–H groups in total. The van der Waals surface area contributed by atoms with Crippen molar-refractivity contribution in [2.45, 2.75) is 68.6 Å². The van der Waals surface area contributed by atoms with Crippen molar-refractivity contribution >= 4 is 9.84 Å². The van der Waals surface area contributed by atoms with Crippen molar-refractivity contribution in [3.8, 4) is 0 Å². The molecule has 0 aliphatic heterocycles. The van der Waals surface area contributed by atoms with Crippen molar-refractivity contribution in [3.63, 3.8) is 0 Å². The molecular weight excluding hydrogens is 282 g/mol. The molecule has 4 aliphatic carbocycles. The second-order valence-electron chi connectivity index (χ2n) is 8.49. The second-order valence-corrected chi connectivity index (χ2v) is 10.8. The Bertz CT molecular complexity index is 531. The van der Waals surface area contributed by atoms with E-state index >= 15 is 0 Å². The minimum Gasteiger partial charge on any atom is -0.325 e. The minimum absolute atomic E-state index is 0.0421. The molecule has 4 rings (SSSR count). The molecule has 0 aromatic heterocycles. The Hall–Kier alpha value is -0.0900. The van der Waals surface area contributed by atoms with Gasteiger partial charge >= 0.3 is 0 Å². The standard InChI is InChI=1S/C17H29NO2S/c1-21(19,20)13-5-2-4-12(9-13)17(18)10-11-8-16(17)15-7-3-6-14(11)15/h11-16H,2-10,18H2,1H3. The molecule has 0 heterocycles. The zero-order valence-corrected chi connectivity index (χ0v) is 13.9. The van der Waals surface area contributed by atoms with Crippen LogP contribution in [0.4, 0.5) is 0 Å². The highest BCUT2D eigenvalue weighted by Gasteiger charge is 2.61. The summed E-state index contributed by atoms with van der Waals surface area (Å²) < 4.78 is 23.9. The minimum atomic E-state index is -2.90. The summed E-state index contributed by atoms with van der Waals surface area (Å²) in [6.45, 7) is 0. The number of rotatable bonds is 2. The Morgan fingerprint density at radius 3 is 2.48 bits per heavy atom. The predicted molar refractivity (Wildman–Crippen MR) is 84.6 cm³/mol. The third-order valence-corrected chi connectivity index (χ3v) is 9.24. The molecule has 4 aliphatic rings. The van der Waals surface area contributed by atoms with E-state index in [1.54, 1.807) is 0 Å². The number of fused-ring (bicyclic) bond motifs is 5. The van der Waals surface area contributed by atoms with Gasteiger partial charge in [-0.25, -0.2) is 8.42 Å².